The molecule has 0 amide bonds. The maximum absolute atomic E-state index is 5.85. The third-order valence-electron chi connectivity index (χ3n) is 3.80. The Kier molecular flexibility index (Phi) is 3.66. The van der Waals surface area contributed by atoms with Gasteiger partial charge in [-0.05, 0) is 26.0 Å². The van der Waals surface area contributed by atoms with Gasteiger partial charge < -0.3 is 14.5 Å². The summed E-state index contributed by atoms with van der Waals surface area (Å²) in [6.07, 6.45) is 9.63. The minimum Gasteiger partial charge on any atom is -0.472 e. The van der Waals surface area contributed by atoms with Crippen molar-refractivity contribution in [3.8, 4) is 0 Å². The van der Waals surface area contributed by atoms with Crippen LogP contribution in [-0.4, -0.2) is 19.8 Å². The molecule has 1 saturated carbocycles. The number of hydrogen-bond donors (Lipinski definition) is 1. The predicted octanol–water partition coefficient (Wildman–Crippen LogP) is 2.89. The first kappa shape index (κ1) is 11.7. The van der Waals surface area contributed by atoms with Gasteiger partial charge in [-0.3, -0.25) is 0 Å². The van der Waals surface area contributed by atoms with Gasteiger partial charge in [-0.2, -0.15) is 0 Å². The molecule has 0 aromatic carbocycles. The molecule has 1 aliphatic rings. The Morgan fingerprint density at radius 2 is 2.12 bits per heavy atom. The van der Waals surface area contributed by atoms with Crippen LogP contribution < -0.4 is 5.32 Å². The lowest BCUT2D eigenvalue weighted by atomic mass is 9.77. The van der Waals surface area contributed by atoms with Crippen LogP contribution in [0.4, 0.5) is 0 Å². The fraction of sp³-hybridized carbons (Fsp3) is 0.692. The first-order valence-electron chi connectivity index (χ1n) is 6.07. The van der Waals surface area contributed by atoms with Crippen molar-refractivity contribution >= 4 is 0 Å². The molecule has 16 heavy (non-hydrogen) atoms. The van der Waals surface area contributed by atoms with Gasteiger partial charge in [-0.25, -0.2) is 0 Å². The highest BCUT2D eigenvalue weighted by molar-refractivity contribution is 5.17. The molecule has 1 aliphatic carbocycles. The van der Waals surface area contributed by atoms with Crippen molar-refractivity contribution in [2.24, 2.45) is 0 Å². The highest BCUT2D eigenvalue weighted by atomic mass is 16.5. The van der Waals surface area contributed by atoms with E-state index in [1.54, 1.807) is 6.26 Å². The molecule has 1 N–H and O–H groups in total. The van der Waals surface area contributed by atoms with Gasteiger partial charge in [-0.15, -0.1) is 0 Å². The standard InChI is InChI=1S/C13H21NO2/c1-14-12(11-6-9-16-10-11)13(15-2)7-4-3-5-8-13/h6,9-10,12,14H,3-5,7-8H2,1-2H3. The zero-order valence-corrected chi connectivity index (χ0v) is 10.2. The van der Waals surface area contributed by atoms with Crippen LogP contribution in [0.15, 0.2) is 23.0 Å². The number of ether oxygens (including phenoxy) is 1. The summed E-state index contributed by atoms with van der Waals surface area (Å²) in [6.45, 7) is 0. The van der Waals surface area contributed by atoms with Crippen LogP contribution in [0.2, 0.25) is 0 Å². The number of methoxy groups -OCH3 is 1. The molecule has 3 heteroatoms. The zero-order chi connectivity index (χ0) is 11.4. The van der Waals surface area contributed by atoms with E-state index in [-0.39, 0.29) is 11.6 Å². The number of rotatable bonds is 4. The second kappa shape index (κ2) is 5.02. The van der Waals surface area contributed by atoms with Gasteiger partial charge in [0.15, 0.2) is 0 Å². The van der Waals surface area contributed by atoms with Crippen molar-refractivity contribution in [1.82, 2.24) is 5.32 Å². The van der Waals surface area contributed by atoms with Crippen molar-refractivity contribution in [1.29, 1.82) is 0 Å². The molecule has 1 fully saturated rings. The maximum atomic E-state index is 5.85. The van der Waals surface area contributed by atoms with Crippen molar-refractivity contribution in [2.45, 2.75) is 43.7 Å². The van der Waals surface area contributed by atoms with E-state index in [4.69, 9.17) is 9.15 Å². The molecule has 2 rings (SSSR count). The van der Waals surface area contributed by atoms with Crippen molar-refractivity contribution in [2.75, 3.05) is 14.2 Å². The van der Waals surface area contributed by atoms with Crippen LogP contribution in [0, 0.1) is 0 Å². The lowest BCUT2D eigenvalue weighted by Crippen LogP contribution is -2.45. The fourth-order valence-electron chi connectivity index (χ4n) is 2.93. The monoisotopic (exact) mass is 223 g/mol. The Bertz CT molecular complexity index is 302. The molecule has 0 saturated heterocycles. The Hall–Kier alpha value is -0.800. The average molecular weight is 223 g/mol. The third kappa shape index (κ3) is 2.02. The van der Waals surface area contributed by atoms with E-state index in [1.807, 2.05) is 26.5 Å². The predicted molar refractivity (Wildman–Crippen MR) is 63.3 cm³/mol. The average Bonchev–Trinajstić information content (AvgIpc) is 2.85. The first-order chi connectivity index (χ1) is 7.82. The Morgan fingerprint density at radius 3 is 2.62 bits per heavy atom. The Morgan fingerprint density at radius 1 is 1.38 bits per heavy atom. The summed E-state index contributed by atoms with van der Waals surface area (Å²) in [5, 5.41) is 3.38. The smallest absolute Gasteiger partial charge is 0.0951 e. The highest BCUT2D eigenvalue weighted by Crippen LogP contribution is 2.40. The van der Waals surface area contributed by atoms with Crippen LogP contribution in [0.3, 0.4) is 0 Å². The van der Waals surface area contributed by atoms with E-state index in [9.17, 15) is 0 Å². The summed E-state index contributed by atoms with van der Waals surface area (Å²) in [6, 6.07) is 2.26. The van der Waals surface area contributed by atoms with Gasteiger partial charge in [0.25, 0.3) is 0 Å². The molecule has 1 unspecified atom stereocenters. The molecule has 0 spiro atoms. The van der Waals surface area contributed by atoms with Crippen molar-refractivity contribution in [3.63, 3.8) is 0 Å². The summed E-state index contributed by atoms with van der Waals surface area (Å²) >= 11 is 0. The van der Waals surface area contributed by atoms with Crippen LogP contribution in [0.25, 0.3) is 0 Å². The van der Waals surface area contributed by atoms with Crippen LogP contribution >= 0.6 is 0 Å². The molecule has 1 heterocycles. The number of likely N-dealkylation sites (N-methyl/N-ethyl adjacent to an activating group) is 1. The normalized spacial score (nSPS) is 21.9. The van der Waals surface area contributed by atoms with E-state index in [2.05, 4.69) is 5.32 Å². The van der Waals surface area contributed by atoms with Gasteiger partial charge in [0.2, 0.25) is 0 Å². The lowest BCUT2D eigenvalue weighted by Gasteiger charge is -2.42. The van der Waals surface area contributed by atoms with Crippen LogP contribution in [0.5, 0.6) is 0 Å². The summed E-state index contributed by atoms with van der Waals surface area (Å²) in [5.41, 5.74) is 1.13. The van der Waals surface area contributed by atoms with Crippen molar-refractivity contribution in [3.05, 3.63) is 24.2 Å². The zero-order valence-electron chi connectivity index (χ0n) is 10.2. The van der Waals surface area contributed by atoms with E-state index in [1.165, 1.54) is 24.8 Å². The fourth-order valence-corrected chi connectivity index (χ4v) is 2.93. The van der Waals surface area contributed by atoms with Gasteiger partial charge in [0, 0.05) is 12.7 Å². The Balaban J connectivity index is 2.23. The summed E-state index contributed by atoms with van der Waals surface area (Å²) in [5.74, 6) is 0. The van der Waals surface area contributed by atoms with Gasteiger partial charge >= 0.3 is 0 Å². The molecule has 0 radical (unpaired) electrons. The molecule has 0 bridgehead atoms. The second-order valence-corrected chi connectivity index (χ2v) is 4.61. The summed E-state index contributed by atoms with van der Waals surface area (Å²) < 4.78 is 11.0. The van der Waals surface area contributed by atoms with E-state index in [0.29, 0.717) is 0 Å². The molecule has 90 valence electrons. The molecule has 1 aromatic heterocycles. The summed E-state index contributed by atoms with van der Waals surface area (Å²) in [7, 11) is 3.82. The SMILES string of the molecule is CNC(c1ccoc1)C1(OC)CCCCC1. The quantitative estimate of drug-likeness (QED) is 0.852. The van der Waals surface area contributed by atoms with Gasteiger partial charge in [0.1, 0.15) is 0 Å². The van der Waals surface area contributed by atoms with Crippen LogP contribution in [0.1, 0.15) is 43.7 Å². The van der Waals surface area contributed by atoms with E-state index < -0.39 is 0 Å². The van der Waals surface area contributed by atoms with E-state index >= 15 is 0 Å². The molecular formula is C13H21NO2. The highest BCUT2D eigenvalue weighted by Gasteiger charge is 2.40. The van der Waals surface area contributed by atoms with Gasteiger partial charge in [-0.1, -0.05) is 19.3 Å². The number of furan rings is 1. The van der Waals surface area contributed by atoms with E-state index in [0.717, 1.165) is 12.8 Å². The lowest BCUT2D eigenvalue weighted by molar-refractivity contribution is -0.0672. The molecule has 1 aromatic rings. The topological polar surface area (TPSA) is 34.4 Å². The number of hydrogen-bond acceptors (Lipinski definition) is 3. The summed E-state index contributed by atoms with van der Waals surface area (Å²) in [4.78, 5) is 0. The maximum Gasteiger partial charge on any atom is 0.0951 e. The second-order valence-electron chi connectivity index (χ2n) is 4.61. The van der Waals surface area contributed by atoms with Crippen LogP contribution in [-0.2, 0) is 4.74 Å². The molecular weight excluding hydrogens is 202 g/mol. The Labute approximate surface area is 97.2 Å². The third-order valence-corrected chi connectivity index (χ3v) is 3.80. The first-order valence-corrected chi connectivity index (χ1v) is 6.07. The molecule has 1 atom stereocenters. The largest absolute Gasteiger partial charge is 0.472 e. The van der Waals surface area contributed by atoms with Gasteiger partial charge in [0.05, 0.1) is 24.2 Å². The molecule has 0 aliphatic heterocycles. The minimum absolute atomic E-state index is 0.0587. The molecule has 3 nitrogen and oxygen atoms in total. The van der Waals surface area contributed by atoms with Crippen molar-refractivity contribution < 1.29 is 9.15 Å². The number of nitrogens with one attached hydrogen (secondary N) is 1. The minimum atomic E-state index is -0.0587.